The Labute approximate surface area is 169 Å². The Morgan fingerprint density at radius 3 is 2.39 bits per heavy atom. The zero-order valence-corrected chi connectivity index (χ0v) is 16.5. The zero-order valence-electron chi connectivity index (χ0n) is 16.5. The molecule has 0 aliphatic carbocycles. The molecule has 2 heterocycles. The molecule has 1 aliphatic heterocycles. The number of hydrogen-bond acceptors (Lipinski definition) is 1. The topological polar surface area (TPSA) is 17.0 Å². The van der Waals surface area contributed by atoms with Gasteiger partial charge in [-0.2, -0.15) is 0 Å². The van der Waals surface area contributed by atoms with Gasteiger partial charge < -0.3 is 9.88 Å². The molecule has 0 bridgehead atoms. The Balaban J connectivity index is 2.05. The van der Waals surface area contributed by atoms with Crippen molar-refractivity contribution in [2.45, 2.75) is 24.7 Å². The van der Waals surface area contributed by atoms with Crippen LogP contribution in [0.1, 0.15) is 25.0 Å². The molecule has 1 unspecified atom stereocenters. The Morgan fingerprint density at radius 2 is 1.68 bits per heavy atom. The van der Waals surface area contributed by atoms with Gasteiger partial charge in [0.05, 0.1) is 20.5 Å². The van der Waals surface area contributed by atoms with Gasteiger partial charge in [0.1, 0.15) is 0 Å². The average Bonchev–Trinajstić information content (AvgIpc) is 3.11. The Bertz CT molecular complexity index is 1230. The number of aromatic nitrogens is 1. The highest BCUT2D eigenvalue weighted by molar-refractivity contribution is 6.94. The molecule has 28 heavy (non-hydrogen) atoms. The fraction of sp³-hybridized carbons (Fsp3) is 0.217. The van der Waals surface area contributed by atoms with E-state index < -0.39 is 5.34 Å². The van der Waals surface area contributed by atoms with E-state index in [9.17, 15) is 0 Å². The van der Waals surface area contributed by atoms with Gasteiger partial charge in [-0.15, -0.1) is 0 Å². The normalized spacial score (nSPS) is 20.5. The molecule has 5 heteroatoms. The van der Waals surface area contributed by atoms with Crippen molar-refractivity contribution in [2.75, 3.05) is 0 Å². The quantitative estimate of drug-likeness (QED) is 0.539. The third kappa shape index (κ3) is 2.23. The van der Waals surface area contributed by atoms with Crippen molar-refractivity contribution >= 4 is 44.6 Å². The van der Waals surface area contributed by atoms with E-state index in [1.807, 2.05) is 6.07 Å². The van der Waals surface area contributed by atoms with Crippen molar-refractivity contribution in [1.29, 1.82) is 0 Å². The van der Waals surface area contributed by atoms with E-state index in [0.29, 0.717) is 0 Å². The molecule has 4 aromatic rings. The van der Waals surface area contributed by atoms with Gasteiger partial charge in [-0.1, -0.05) is 48.5 Å². The number of aryl methyl sites for hydroxylation is 1. The van der Waals surface area contributed by atoms with E-state index in [0.717, 1.165) is 5.56 Å². The largest absolute Gasteiger partial charge is 0.343 e. The van der Waals surface area contributed by atoms with E-state index in [2.05, 4.69) is 85.4 Å². The molecular weight excluding hydrogens is 337 g/mol. The highest BCUT2D eigenvalue weighted by atomic mass is 15.0. The average molecular weight is 357 g/mol. The maximum atomic E-state index is 6.74. The first-order valence-corrected chi connectivity index (χ1v) is 9.62. The standard InChI is InChI=1S/C23H20B3N2/c1-22(2)20-17(23(24,26-25)27-22)13-16(14-9-5-4-6-10-14)21-19(20)15-11-7-8-12-18(15)28(21)3/h4-13,27H,1-3H3. The Hall–Kier alpha value is -2.39. The minimum Gasteiger partial charge on any atom is -0.343 e. The molecule has 2 nitrogen and oxygen atoms in total. The number of nitrogens with one attached hydrogen (secondary N) is 1. The summed E-state index contributed by atoms with van der Waals surface area (Å²) in [5.41, 5.74) is 6.74. The molecular formula is C23H20B3N2. The van der Waals surface area contributed by atoms with Crippen molar-refractivity contribution in [2.24, 2.45) is 7.05 Å². The Morgan fingerprint density at radius 1 is 1.00 bits per heavy atom. The lowest BCUT2D eigenvalue weighted by molar-refractivity contribution is 0.418. The lowest BCUT2D eigenvalue weighted by Gasteiger charge is -2.29. The zero-order chi connectivity index (χ0) is 19.7. The molecule has 3 aromatic carbocycles. The Kier molecular flexibility index (Phi) is 3.67. The lowest BCUT2D eigenvalue weighted by atomic mass is 9.35. The molecule has 131 valence electrons. The smallest absolute Gasteiger partial charge is 0.0884 e. The van der Waals surface area contributed by atoms with E-state index in [1.54, 1.807) is 7.17 Å². The first kappa shape index (κ1) is 17.7. The van der Waals surface area contributed by atoms with Crippen LogP contribution in [0.4, 0.5) is 0 Å². The fourth-order valence-electron chi connectivity index (χ4n) is 4.97. The van der Waals surface area contributed by atoms with Gasteiger partial charge in [-0.3, -0.25) is 0 Å². The predicted molar refractivity (Wildman–Crippen MR) is 121 cm³/mol. The molecule has 1 aromatic heterocycles. The summed E-state index contributed by atoms with van der Waals surface area (Å²) < 4.78 is 2.30. The van der Waals surface area contributed by atoms with Crippen LogP contribution < -0.4 is 5.32 Å². The van der Waals surface area contributed by atoms with Crippen LogP contribution >= 0.6 is 0 Å². The highest BCUT2D eigenvalue weighted by Gasteiger charge is 2.44. The molecule has 5 radical (unpaired) electrons. The number of rotatable bonds is 2. The summed E-state index contributed by atoms with van der Waals surface area (Å²) in [6.45, 7) is 4.35. The minimum absolute atomic E-state index is 0.308. The second-order valence-corrected chi connectivity index (χ2v) is 8.30. The number of para-hydroxylation sites is 1. The van der Waals surface area contributed by atoms with Crippen LogP contribution in [0.3, 0.4) is 0 Å². The molecule has 5 rings (SSSR count). The summed E-state index contributed by atoms with van der Waals surface area (Å²) in [5, 5.41) is 5.18. The first-order valence-electron chi connectivity index (χ1n) is 9.62. The molecule has 0 saturated carbocycles. The van der Waals surface area contributed by atoms with E-state index in [1.165, 1.54) is 38.5 Å². The maximum Gasteiger partial charge on any atom is 0.0884 e. The van der Waals surface area contributed by atoms with Gasteiger partial charge in [0.15, 0.2) is 0 Å². The van der Waals surface area contributed by atoms with Gasteiger partial charge in [0.2, 0.25) is 0 Å². The number of nitrogens with zero attached hydrogens (tertiary/aromatic N) is 1. The van der Waals surface area contributed by atoms with Gasteiger partial charge in [-0.05, 0) is 48.0 Å². The van der Waals surface area contributed by atoms with E-state index in [-0.39, 0.29) is 5.54 Å². The minimum atomic E-state index is -0.868. The van der Waals surface area contributed by atoms with Crippen LogP contribution in [0, 0.1) is 0 Å². The van der Waals surface area contributed by atoms with E-state index >= 15 is 0 Å². The van der Waals surface area contributed by atoms with Crippen LogP contribution in [0.15, 0.2) is 60.7 Å². The van der Waals surface area contributed by atoms with Gasteiger partial charge in [0, 0.05) is 42.2 Å². The summed E-state index contributed by atoms with van der Waals surface area (Å²) in [5.74, 6) is 0. The van der Waals surface area contributed by atoms with Crippen LogP contribution in [0.25, 0.3) is 32.9 Å². The SMILES string of the molecule is [B][B]C1([B])NC(C)(C)c2c1cc(-c1ccccc1)c1c2c2ccccc2n1C. The molecule has 0 amide bonds. The number of hydrogen-bond donors (Lipinski definition) is 1. The highest BCUT2D eigenvalue weighted by Crippen LogP contribution is 2.48. The first-order chi connectivity index (χ1) is 13.4. The molecule has 0 fully saturated rings. The molecule has 1 N–H and O–H groups in total. The maximum absolute atomic E-state index is 6.74. The summed E-state index contributed by atoms with van der Waals surface area (Å²) in [6, 6.07) is 21.3. The van der Waals surface area contributed by atoms with Crippen molar-refractivity contribution in [3.05, 3.63) is 71.8 Å². The second-order valence-electron chi connectivity index (χ2n) is 8.30. The van der Waals surface area contributed by atoms with Crippen molar-refractivity contribution in [3.8, 4) is 11.1 Å². The monoisotopic (exact) mass is 357 g/mol. The fourth-order valence-corrected chi connectivity index (χ4v) is 4.97. The third-order valence-electron chi connectivity index (χ3n) is 6.11. The predicted octanol–water partition coefficient (Wildman–Crippen LogP) is 3.90. The summed E-state index contributed by atoms with van der Waals surface area (Å²) in [4.78, 5) is 0. The third-order valence-corrected chi connectivity index (χ3v) is 6.11. The van der Waals surface area contributed by atoms with Crippen molar-refractivity contribution in [1.82, 2.24) is 9.88 Å². The summed E-state index contributed by atoms with van der Waals surface area (Å²) in [7, 11) is 16.5. The van der Waals surface area contributed by atoms with Crippen LogP contribution in [-0.4, -0.2) is 27.3 Å². The molecule has 1 atom stereocenters. The number of benzene rings is 3. The van der Waals surface area contributed by atoms with Gasteiger partial charge in [0.25, 0.3) is 0 Å². The molecule has 0 spiro atoms. The van der Waals surface area contributed by atoms with Crippen LogP contribution in [0.5, 0.6) is 0 Å². The van der Waals surface area contributed by atoms with Crippen molar-refractivity contribution < 1.29 is 0 Å². The van der Waals surface area contributed by atoms with Crippen LogP contribution in [-0.2, 0) is 17.9 Å². The second kappa shape index (κ2) is 5.81. The van der Waals surface area contributed by atoms with Crippen LogP contribution in [0.2, 0.25) is 0 Å². The lowest BCUT2D eigenvalue weighted by Crippen LogP contribution is -2.49. The van der Waals surface area contributed by atoms with Crippen molar-refractivity contribution in [3.63, 3.8) is 0 Å². The molecule has 1 aliphatic rings. The van der Waals surface area contributed by atoms with E-state index in [4.69, 9.17) is 15.6 Å². The van der Waals surface area contributed by atoms with Gasteiger partial charge >= 0.3 is 0 Å². The molecule has 0 saturated heterocycles. The summed E-state index contributed by atoms with van der Waals surface area (Å²) in [6.07, 6.45) is 0. The van der Waals surface area contributed by atoms with Gasteiger partial charge in [-0.25, -0.2) is 0 Å². The summed E-state index contributed by atoms with van der Waals surface area (Å²) >= 11 is 0. The number of fused-ring (bicyclic) bond motifs is 5.